The Morgan fingerprint density at radius 2 is 1.72 bits per heavy atom. The third-order valence-corrected chi connectivity index (χ3v) is 3.00. The first-order valence-corrected chi connectivity index (χ1v) is 5.86. The van der Waals surface area contributed by atoms with E-state index in [0.29, 0.717) is 0 Å². The summed E-state index contributed by atoms with van der Waals surface area (Å²) in [6, 6.07) is 18.3. The number of hydrogen-bond donors (Lipinski definition) is 0. The van der Waals surface area contributed by atoms with Crippen molar-refractivity contribution in [3.05, 3.63) is 60.8 Å². The first kappa shape index (κ1) is 10.8. The number of pyridine rings is 1. The van der Waals surface area contributed by atoms with E-state index in [9.17, 15) is 0 Å². The van der Waals surface area contributed by atoms with Gasteiger partial charge in [-0.25, -0.2) is 0 Å². The normalized spacial score (nSPS) is 10.5. The molecule has 88 valence electrons. The molecule has 0 aliphatic rings. The van der Waals surface area contributed by atoms with Gasteiger partial charge in [0.1, 0.15) is 5.75 Å². The number of fused-ring (bicyclic) bond motifs is 1. The number of hydrogen-bond acceptors (Lipinski definition) is 2. The van der Waals surface area contributed by atoms with Crippen LogP contribution >= 0.6 is 0 Å². The molecule has 0 aliphatic carbocycles. The van der Waals surface area contributed by atoms with Crippen LogP contribution in [-0.2, 0) is 0 Å². The Balaban J connectivity index is 2.15. The van der Waals surface area contributed by atoms with E-state index in [4.69, 9.17) is 4.74 Å². The second kappa shape index (κ2) is 4.49. The highest BCUT2D eigenvalue weighted by Gasteiger charge is 2.01. The number of benzene rings is 2. The molecular formula is C16H13NO. The Morgan fingerprint density at radius 3 is 2.50 bits per heavy atom. The van der Waals surface area contributed by atoms with Crippen LogP contribution in [0.1, 0.15) is 0 Å². The smallest absolute Gasteiger partial charge is 0.119 e. The maximum Gasteiger partial charge on any atom is 0.119 e. The van der Waals surface area contributed by atoms with Gasteiger partial charge in [0.15, 0.2) is 0 Å². The zero-order chi connectivity index (χ0) is 12.4. The van der Waals surface area contributed by atoms with Crippen molar-refractivity contribution in [2.45, 2.75) is 0 Å². The molecule has 2 nitrogen and oxygen atoms in total. The molecule has 0 aliphatic heterocycles. The first-order valence-electron chi connectivity index (χ1n) is 5.86. The average Bonchev–Trinajstić information content (AvgIpc) is 2.47. The molecule has 0 saturated carbocycles. The Kier molecular flexibility index (Phi) is 2.69. The fourth-order valence-electron chi connectivity index (χ4n) is 2.01. The molecule has 3 rings (SSSR count). The van der Waals surface area contributed by atoms with Gasteiger partial charge in [0.25, 0.3) is 0 Å². The van der Waals surface area contributed by atoms with Crippen LogP contribution in [0.15, 0.2) is 60.8 Å². The molecular weight excluding hydrogens is 222 g/mol. The van der Waals surface area contributed by atoms with E-state index in [0.717, 1.165) is 27.8 Å². The predicted molar refractivity (Wildman–Crippen MR) is 73.7 cm³/mol. The summed E-state index contributed by atoms with van der Waals surface area (Å²) in [6.45, 7) is 0. The molecule has 3 aromatic rings. The largest absolute Gasteiger partial charge is 0.497 e. The van der Waals surface area contributed by atoms with E-state index in [1.165, 1.54) is 0 Å². The highest BCUT2D eigenvalue weighted by Crippen LogP contribution is 2.24. The molecule has 18 heavy (non-hydrogen) atoms. The second-order valence-electron chi connectivity index (χ2n) is 4.15. The van der Waals surface area contributed by atoms with Crippen LogP contribution in [-0.4, -0.2) is 12.1 Å². The SMILES string of the molecule is COc1ccc2cnc(-c3ccccc3)cc2c1. The zero-order valence-electron chi connectivity index (χ0n) is 10.1. The predicted octanol–water partition coefficient (Wildman–Crippen LogP) is 3.91. The molecule has 0 spiro atoms. The Morgan fingerprint density at radius 1 is 0.889 bits per heavy atom. The lowest BCUT2D eigenvalue weighted by molar-refractivity contribution is 0.415. The average molecular weight is 235 g/mol. The van der Waals surface area contributed by atoms with Crippen molar-refractivity contribution in [1.29, 1.82) is 0 Å². The molecule has 0 N–H and O–H groups in total. The van der Waals surface area contributed by atoms with Gasteiger partial charge in [0.05, 0.1) is 12.8 Å². The Labute approximate surface area is 106 Å². The summed E-state index contributed by atoms with van der Waals surface area (Å²) in [5, 5.41) is 2.26. The van der Waals surface area contributed by atoms with E-state index < -0.39 is 0 Å². The van der Waals surface area contributed by atoms with E-state index in [2.05, 4.69) is 23.2 Å². The monoisotopic (exact) mass is 235 g/mol. The summed E-state index contributed by atoms with van der Waals surface area (Å²) in [6.07, 6.45) is 1.90. The van der Waals surface area contributed by atoms with Crippen LogP contribution in [0.25, 0.3) is 22.0 Å². The van der Waals surface area contributed by atoms with E-state index in [1.54, 1.807) is 7.11 Å². The van der Waals surface area contributed by atoms with Gasteiger partial charge in [-0.05, 0) is 29.7 Å². The van der Waals surface area contributed by atoms with Crippen LogP contribution in [0.3, 0.4) is 0 Å². The van der Waals surface area contributed by atoms with Gasteiger partial charge in [-0.15, -0.1) is 0 Å². The van der Waals surface area contributed by atoms with Crippen LogP contribution in [0, 0.1) is 0 Å². The summed E-state index contributed by atoms with van der Waals surface area (Å²) in [5.74, 6) is 0.868. The molecule has 0 radical (unpaired) electrons. The number of rotatable bonds is 2. The van der Waals surface area contributed by atoms with Crippen LogP contribution in [0.5, 0.6) is 5.75 Å². The van der Waals surface area contributed by atoms with Crippen LogP contribution in [0.4, 0.5) is 0 Å². The van der Waals surface area contributed by atoms with Crippen molar-refractivity contribution in [2.75, 3.05) is 7.11 Å². The minimum absolute atomic E-state index is 0.868. The lowest BCUT2D eigenvalue weighted by Crippen LogP contribution is -1.86. The quantitative estimate of drug-likeness (QED) is 0.671. The van der Waals surface area contributed by atoms with Crippen LogP contribution < -0.4 is 4.74 Å². The maximum atomic E-state index is 5.25. The van der Waals surface area contributed by atoms with E-state index >= 15 is 0 Å². The van der Waals surface area contributed by atoms with Crippen molar-refractivity contribution in [1.82, 2.24) is 4.98 Å². The number of methoxy groups -OCH3 is 1. The van der Waals surface area contributed by atoms with E-state index in [1.807, 2.05) is 42.6 Å². The minimum Gasteiger partial charge on any atom is -0.497 e. The van der Waals surface area contributed by atoms with Crippen molar-refractivity contribution in [2.24, 2.45) is 0 Å². The topological polar surface area (TPSA) is 22.1 Å². The fraction of sp³-hybridized carbons (Fsp3) is 0.0625. The van der Waals surface area contributed by atoms with Crippen LogP contribution in [0.2, 0.25) is 0 Å². The molecule has 0 saturated heterocycles. The van der Waals surface area contributed by atoms with Gasteiger partial charge in [-0.1, -0.05) is 30.3 Å². The molecule has 1 aromatic heterocycles. The maximum absolute atomic E-state index is 5.25. The van der Waals surface area contributed by atoms with Crippen molar-refractivity contribution in [3.8, 4) is 17.0 Å². The van der Waals surface area contributed by atoms with Gasteiger partial charge in [-0.2, -0.15) is 0 Å². The molecule has 0 amide bonds. The molecule has 0 unspecified atom stereocenters. The lowest BCUT2D eigenvalue weighted by atomic mass is 10.1. The lowest BCUT2D eigenvalue weighted by Gasteiger charge is -2.05. The van der Waals surface area contributed by atoms with Crippen molar-refractivity contribution in [3.63, 3.8) is 0 Å². The summed E-state index contributed by atoms with van der Waals surface area (Å²) in [4.78, 5) is 4.49. The third-order valence-electron chi connectivity index (χ3n) is 3.00. The van der Waals surface area contributed by atoms with Gasteiger partial charge >= 0.3 is 0 Å². The standard InChI is InChI=1S/C16H13NO/c1-18-15-8-7-13-11-17-16(10-14(13)9-15)12-5-3-2-4-6-12/h2-11H,1H3. The molecule has 0 bridgehead atoms. The minimum atomic E-state index is 0.868. The van der Waals surface area contributed by atoms with Gasteiger partial charge < -0.3 is 4.74 Å². The zero-order valence-corrected chi connectivity index (χ0v) is 10.1. The number of ether oxygens (including phenoxy) is 1. The van der Waals surface area contributed by atoms with Gasteiger partial charge in [0.2, 0.25) is 0 Å². The van der Waals surface area contributed by atoms with Gasteiger partial charge in [0, 0.05) is 17.1 Å². The fourth-order valence-corrected chi connectivity index (χ4v) is 2.01. The highest BCUT2D eigenvalue weighted by atomic mass is 16.5. The summed E-state index contributed by atoms with van der Waals surface area (Å²) >= 11 is 0. The Bertz CT molecular complexity index is 677. The first-order chi connectivity index (χ1) is 8.86. The van der Waals surface area contributed by atoms with Gasteiger partial charge in [-0.3, -0.25) is 4.98 Å². The molecule has 0 fully saturated rings. The second-order valence-corrected chi connectivity index (χ2v) is 4.15. The summed E-state index contributed by atoms with van der Waals surface area (Å²) in [7, 11) is 1.68. The highest BCUT2D eigenvalue weighted by molar-refractivity contribution is 5.86. The summed E-state index contributed by atoms with van der Waals surface area (Å²) in [5.41, 5.74) is 2.11. The third kappa shape index (κ3) is 1.93. The van der Waals surface area contributed by atoms with E-state index in [-0.39, 0.29) is 0 Å². The molecule has 2 aromatic carbocycles. The molecule has 0 atom stereocenters. The number of aromatic nitrogens is 1. The van der Waals surface area contributed by atoms with Crippen molar-refractivity contribution >= 4 is 10.8 Å². The summed E-state index contributed by atoms with van der Waals surface area (Å²) < 4.78 is 5.25. The number of nitrogens with zero attached hydrogens (tertiary/aromatic N) is 1. The molecule has 2 heteroatoms. The molecule has 1 heterocycles. The van der Waals surface area contributed by atoms with Crippen molar-refractivity contribution < 1.29 is 4.74 Å². The Hall–Kier alpha value is -2.35.